The average Bonchev–Trinajstić information content (AvgIpc) is 3.04. The van der Waals surface area contributed by atoms with E-state index in [1.54, 1.807) is 36.4 Å². The molecule has 0 saturated heterocycles. The summed E-state index contributed by atoms with van der Waals surface area (Å²) in [5.74, 6) is -0.410. The van der Waals surface area contributed by atoms with Crippen molar-refractivity contribution in [3.8, 4) is 0 Å². The second-order valence-electron chi connectivity index (χ2n) is 5.35. The molecule has 2 atom stereocenters. The van der Waals surface area contributed by atoms with Crippen LogP contribution in [-0.2, 0) is 0 Å². The van der Waals surface area contributed by atoms with Crippen molar-refractivity contribution in [3.63, 3.8) is 0 Å². The first-order valence-corrected chi connectivity index (χ1v) is 8.15. The van der Waals surface area contributed by atoms with Gasteiger partial charge in [0, 0.05) is 23.5 Å². The third-order valence-electron chi connectivity index (χ3n) is 3.52. The van der Waals surface area contributed by atoms with Gasteiger partial charge in [-0.1, -0.05) is 35.4 Å². The van der Waals surface area contributed by atoms with Crippen molar-refractivity contribution in [1.29, 1.82) is 0 Å². The number of halogens is 2. The Morgan fingerprint density at radius 1 is 1.24 bits per heavy atom. The minimum absolute atomic E-state index is 0.0266. The molecule has 0 unspecified atom stereocenters. The molecule has 130 valence electrons. The summed E-state index contributed by atoms with van der Waals surface area (Å²) in [6.07, 6.45) is 3.68. The summed E-state index contributed by atoms with van der Waals surface area (Å²) in [6, 6.07) is 6.47. The van der Waals surface area contributed by atoms with Crippen molar-refractivity contribution in [1.82, 2.24) is 9.97 Å². The Labute approximate surface area is 157 Å². The van der Waals surface area contributed by atoms with Crippen molar-refractivity contribution in [2.24, 2.45) is 16.1 Å². The van der Waals surface area contributed by atoms with Gasteiger partial charge in [-0.25, -0.2) is 0 Å². The molecule has 9 heteroatoms. The molecule has 1 aromatic carbocycles. The quantitative estimate of drug-likeness (QED) is 0.410. The topological polar surface area (TPSA) is 109 Å². The summed E-state index contributed by atoms with van der Waals surface area (Å²) in [5.41, 5.74) is 6.43. The number of azo groups is 1. The van der Waals surface area contributed by atoms with E-state index in [9.17, 15) is 5.11 Å². The lowest BCUT2D eigenvalue weighted by molar-refractivity contribution is 0.250. The van der Waals surface area contributed by atoms with Crippen LogP contribution in [0.3, 0.4) is 0 Å². The third-order valence-corrected chi connectivity index (χ3v) is 4.04. The molecule has 0 amide bonds. The van der Waals surface area contributed by atoms with Crippen LogP contribution in [0.2, 0.25) is 10.2 Å². The van der Waals surface area contributed by atoms with E-state index in [1.807, 2.05) is 0 Å². The van der Waals surface area contributed by atoms with Gasteiger partial charge >= 0.3 is 0 Å². The summed E-state index contributed by atoms with van der Waals surface area (Å²) >= 11 is 12.0. The van der Waals surface area contributed by atoms with E-state index in [2.05, 4.69) is 25.5 Å². The van der Waals surface area contributed by atoms with Crippen LogP contribution in [0, 0.1) is 5.92 Å². The minimum atomic E-state index is -2.30. The van der Waals surface area contributed by atoms with Crippen LogP contribution in [0.15, 0.2) is 46.6 Å². The molecule has 1 aliphatic rings. The number of anilines is 2. The van der Waals surface area contributed by atoms with Crippen LogP contribution in [0.1, 0.15) is 9.16 Å². The lowest BCUT2D eigenvalue weighted by atomic mass is 10.1. The summed E-state index contributed by atoms with van der Waals surface area (Å²) in [6.45, 7) is -2.30. The van der Waals surface area contributed by atoms with Gasteiger partial charge < -0.3 is 16.2 Å². The SMILES string of the molecule is [2H]C([2H])(O)[C@@H]1C=C[C@H](Nc2nc(N)nc(Cl)c2N=Nc2ccc(Cl)cc2)C1. The first-order chi connectivity index (χ1) is 12.7. The molecule has 0 aliphatic heterocycles. The zero-order valence-electron chi connectivity index (χ0n) is 14.9. The number of rotatable bonds is 5. The van der Waals surface area contributed by atoms with E-state index in [4.69, 9.17) is 31.7 Å². The monoisotopic (exact) mass is 380 g/mol. The second-order valence-corrected chi connectivity index (χ2v) is 6.15. The Balaban J connectivity index is 1.83. The summed E-state index contributed by atoms with van der Waals surface area (Å²) in [4.78, 5) is 8.01. The predicted molar refractivity (Wildman–Crippen MR) is 98.8 cm³/mol. The van der Waals surface area contributed by atoms with E-state index in [1.165, 1.54) is 0 Å². The fraction of sp³-hybridized carbons (Fsp3) is 0.250. The summed E-state index contributed by atoms with van der Waals surface area (Å²) < 4.78 is 14.8. The van der Waals surface area contributed by atoms with Crippen LogP contribution in [0.4, 0.5) is 23.1 Å². The molecule has 7 nitrogen and oxygen atoms in total. The fourth-order valence-electron chi connectivity index (χ4n) is 2.33. The fourth-order valence-corrected chi connectivity index (χ4v) is 2.67. The molecular formula is C16H16Cl2N6O. The van der Waals surface area contributed by atoms with E-state index in [-0.39, 0.29) is 28.6 Å². The number of hydrogen-bond donors (Lipinski definition) is 3. The molecule has 1 heterocycles. The lowest BCUT2D eigenvalue weighted by Crippen LogP contribution is -2.18. The standard InChI is InChI=1S/C16H16Cl2N6O/c17-10-2-5-11(6-3-10)23-24-13-14(18)21-16(19)22-15(13)20-12-4-1-9(7-12)8-25/h1-6,9,12,25H,7-8H2,(H3,19,20,21,22)/t9-,12+/m1/s1/i8D2. The Hall–Kier alpha value is -2.22. The van der Waals surface area contributed by atoms with Crippen LogP contribution < -0.4 is 11.1 Å². The summed E-state index contributed by atoms with van der Waals surface area (Å²) in [7, 11) is 0. The van der Waals surface area contributed by atoms with Crippen molar-refractivity contribution >= 4 is 46.3 Å². The highest BCUT2D eigenvalue weighted by Crippen LogP contribution is 2.34. The summed E-state index contributed by atoms with van der Waals surface area (Å²) in [5, 5.41) is 21.4. The van der Waals surface area contributed by atoms with Crippen molar-refractivity contribution in [2.75, 3.05) is 17.6 Å². The number of aliphatic hydroxyl groups is 1. The van der Waals surface area contributed by atoms with E-state index in [0.717, 1.165) is 0 Å². The number of aromatic nitrogens is 2. The van der Waals surface area contributed by atoms with E-state index < -0.39 is 12.5 Å². The molecule has 25 heavy (non-hydrogen) atoms. The van der Waals surface area contributed by atoms with Crippen molar-refractivity contribution < 1.29 is 7.85 Å². The van der Waals surface area contributed by atoms with Crippen LogP contribution in [-0.4, -0.2) is 27.7 Å². The maximum Gasteiger partial charge on any atom is 0.223 e. The minimum Gasteiger partial charge on any atom is -0.396 e. The Morgan fingerprint density at radius 2 is 2.00 bits per heavy atom. The number of hydrogen-bond acceptors (Lipinski definition) is 7. The molecule has 0 bridgehead atoms. The lowest BCUT2D eigenvalue weighted by Gasteiger charge is -2.15. The Morgan fingerprint density at radius 3 is 2.68 bits per heavy atom. The van der Waals surface area contributed by atoms with Crippen LogP contribution in [0.25, 0.3) is 0 Å². The molecule has 1 aliphatic carbocycles. The highest BCUT2D eigenvalue weighted by molar-refractivity contribution is 6.32. The van der Waals surface area contributed by atoms with Crippen molar-refractivity contribution in [3.05, 3.63) is 46.6 Å². The van der Waals surface area contributed by atoms with Gasteiger partial charge in [-0.05, 0) is 30.7 Å². The number of nitrogens with one attached hydrogen (secondary N) is 1. The number of nitrogens with zero attached hydrogens (tertiary/aromatic N) is 4. The first-order valence-electron chi connectivity index (χ1n) is 8.40. The molecule has 3 rings (SSSR count). The Kier molecular flexibility index (Phi) is 4.69. The maximum atomic E-state index is 9.52. The number of nitrogens with two attached hydrogens (primary N) is 1. The average molecular weight is 381 g/mol. The normalized spacial score (nSPS) is 21.4. The predicted octanol–water partition coefficient (Wildman–Crippen LogP) is 4.13. The smallest absolute Gasteiger partial charge is 0.223 e. The highest BCUT2D eigenvalue weighted by Gasteiger charge is 2.21. The molecule has 4 N–H and O–H groups in total. The van der Waals surface area contributed by atoms with Gasteiger partial charge in [0.25, 0.3) is 0 Å². The zero-order valence-corrected chi connectivity index (χ0v) is 14.4. The molecule has 0 spiro atoms. The zero-order chi connectivity index (χ0) is 19.6. The van der Waals surface area contributed by atoms with Gasteiger partial charge in [0.2, 0.25) is 5.95 Å². The molecule has 0 fully saturated rings. The van der Waals surface area contributed by atoms with Gasteiger partial charge in [-0.3, -0.25) is 0 Å². The molecule has 1 aromatic heterocycles. The highest BCUT2D eigenvalue weighted by atomic mass is 35.5. The first kappa shape index (κ1) is 15.1. The van der Waals surface area contributed by atoms with Gasteiger partial charge in [0.1, 0.15) is 0 Å². The van der Waals surface area contributed by atoms with Gasteiger partial charge in [-0.2, -0.15) is 15.1 Å². The van der Waals surface area contributed by atoms with Crippen molar-refractivity contribution in [2.45, 2.75) is 12.5 Å². The van der Waals surface area contributed by atoms with E-state index >= 15 is 0 Å². The van der Waals surface area contributed by atoms with Gasteiger partial charge in [-0.15, -0.1) is 5.11 Å². The maximum absolute atomic E-state index is 9.52. The molecule has 2 aromatic rings. The van der Waals surface area contributed by atoms with E-state index in [0.29, 0.717) is 17.1 Å². The van der Waals surface area contributed by atoms with Gasteiger partial charge in [0.15, 0.2) is 16.7 Å². The Bertz CT molecular complexity index is 886. The third kappa shape index (κ3) is 4.45. The second kappa shape index (κ2) is 7.77. The van der Waals surface area contributed by atoms with Gasteiger partial charge in [0.05, 0.1) is 8.43 Å². The molecule has 0 radical (unpaired) electrons. The largest absolute Gasteiger partial charge is 0.396 e. The number of benzene rings is 1. The van der Waals surface area contributed by atoms with Crippen LogP contribution in [0.5, 0.6) is 0 Å². The molecule has 0 saturated carbocycles. The molecular weight excluding hydrogens is 363 g/mol. The number of nitrogen functional groups attached to an aromatic ring is 1. The van der Waals surface area contributed by atoms with Crippen LogP contribution >= 0.6 is 23.2 Å².